The van der Waals surface area contributed by atoms with E-state index in [1.807, 2.05) is 11.5 Å². The quantitative estimate of drug-likeness (QED) is 0.813. The summed E-state index contributed by atoms with van der Waals surface area (Å²) in [4.78, 5) is 14.5. The predicted molar refractivity (Wildman–Crippen MR) is 83.4 cm³/mol. The number of hydrogen-bond donors (Lipinski definition) is 1. The Morgan fingerprint density at radius 1 is 1.36 bits per heavy atom. The third-order valence-corrected chi connectivity index (χ3v) is 4.01. The zero-order chi connectivity index (χ0) is 15.8. The summed E-state index contributed by atoms with van der Waals surface area (Å²) in [6.45, 7) is 5.73. The second kappa shape index (κ2) is 8.85. The second-order valence-electron chi connectivity index (χ2n) is 5.85. The molecule has 1 atom stereocenters. The number of nitrogens with one attached hydrogen (secondary N) is 1. The molecule has 0 radical (unpaired) electrons. The van der Waals surface area contributed by atoms with Crippen LogP contribution < -0.4 is 5.32 Å². The molecule has 1 aromatic heterocycles. The summed E-state index contributed by atoms with van der Waals surface area (Å²) in [5, 5.41) is 11.1. The van der Waals surface area contributed by atoms with Gasteiger partial charge in [0.2, 0.25) is 5.91 Å². The predicted octanol–water partition coefficient (Wildman–Crippen LogP) is 0.978. The normalized spacial score (nSPS) is 17.9. The molecule has 0 aromatic carbocycles. The van der Waals surface area contributed by atoms with Crippen LogP contribution in [0, 0.1) is 0 Å². The van der Waals surface area contributed by atoms with Gasteiger partial charge in [0, 0.05) is 13.7 Å². The summed E-state index contributed by atoms with van der Waals surface area (Å²) in [6.07, 6.45) is 6.60. The number of nitrogens with zero attached hydrogens (tertiary/aromatic N) is 4. The molecule has 0 saturated carbocycles. The maximum atomic E-state index is 12.2. The van der Waals surface area contributed by atoms with Gasteiger partial charge in [0.25, 0.3) is 0 Å². The summed E-state index contributed by atoms with van der Waals surface area (Å²) in [5.74, 6) is 0.817. The van der Waals surface area contributed by atoms with Gasteiger partial charge in [-0.3, -0.25) is 9.69 Å². The Kier molecular flexibility index (Phi) is 6.79. The first-order valence-corrected chi connectivity index (χ1v) is 8.09. The highest BCUT2D eigenvalue weighted by atomic mass is 16.5. The number of carbonyl (C=O) groups excluding carboxylic acids is 1. The zero-order valence-corrected chi connectivity index (χ0v) is 13.6. The fourth-order valence-corrected chi connectivity index (χ4v) is 2.81. The monoisotopic (exact) mass is 309 g/mol. The van der Waals surface area contributed by atoms with E-state index < -0.39 is 0 Å². The Morgan fingerprint density at radius 2 is 2.09 bits per heavy atom. The smallest absolute Gasteiger partial charge is 0.234 e. The first-order chi connectivity index (χ1) is 10.7. The summed E-state index contributed by atoms with van der Waals surface area (Å²) in [6, 6.07) is -0.154. The summed E-state index contributed by atoms with van der Waals surface area (Å²) in [5.41, 5.74) is 0. The van der Waals surface area contributed by atoms with Gasteiger partial charge in [-0.1, -0.05) is 12.8 Å². The van der Waals surface area contributed by atoms with Crippen molar-refractivity contribution < 1.29 is 9.53 Å². The number of aromatic nitrogens is 3. The average Bonchev–Trinajstić information content (AvgIpc) is 2.82. The molecule has 1 aliphatic heterocycles. The molecule has 0 aliphatic carbocycles. The minimum atomic E-state index is -0.154. The Hall–Kier alpha value is -1.47. The molecule has 1 N–H and O–H groups in total. The molecule has 1 fully saturated rings. The van der Waals surface area contributed by atoms with Gasteiger partial charge in [-0.2, -0.15) is 0 Å². The highest BCUT2D eigenvalue weighted by Gasteiger charge is 2.18. The van der Waals surface area contributed by atoms with Crippen molar-refractivity contribution in [1.82, 2.24) is 25.0 Å². The van der Waals surface area contributed by atoms with Crippen LogP contribution in [0.15, 0.2) is 6.33 Å². The van der Waals surface area contributed by atoms with Crippen LogP contribution in [0.3, 0.4) is 0 Å². The first kappa shape index (κ1) is 16.9. The van der Waals surface area contributed by atoms with Crippen molar-refractivity contribution >= 4 is 5.91 Å². The summed E-state index contributed by atoms with van der Waals surface area (Å²) in [7, 11) is 1.66. The van der Waals surface area contributed by atoms with E-state index in [1.54, 1.807) is 13.4 Å². The van der Waals surface area contributed by atoms with Crippen molar-refractivity contribution in [2.75, 3.05) is 33.4 Å². The van der Waals surface area contributed by atoms with Crippen molar-refractivity contribution in [3.05, 3.63) is 12.2 Å². The van der Waals surface area contributed by atoms with Crippen molar-refractivity contribution in [2.24, 2.45) is 0 Å². The van der Waals surface area contributed by atoms with E-state index in [0.717, 1.165) is 18.9 Å². The molecule has 1 aliphatic rings. The lowest BCUT2D eigenvalue weighted by Crippen LogP contribution is -2.39. The number of ether oxygens (including phenoxy) is 1. The van der Waals surface area contributed by atoms with Crippen LogP contribution in [0.4, 0.5) is 0 Å². The first-order valence-electron chi connectivity index (χ1n) is 8.09. The van der Waals surface area contributed by atoms with E-state index in [1.165, 1.54) is 25.7 Å². The van der Waals surface area contributed by atoms with E-state index in [0.29, 0.717) is 19.7 Å². The van der Waals surface area contributed by atoms with Crippen LogP contribution in [0.1, 0.15) is 44.5 Å². The van der Waals surface area contributed by atoms with Crippen LogP contribution in [0.2, 0.25) is 0 Å². The van der Waals surface area contributed by atoms with Gasteiger partial charge >= 0.3 is 0 Å². The Labute approximate surface area is 132 Å². The fourth-order valence-electron chi connectivity index (χ4n) is 2.81. The molecule has 7 nitrogen and oxygen atoms in total. The minimum absolute atomic E-state index is 0.0516. The third kappa shape index (κ3) is 5.06. The van der Waals surface area contributed by atoms with Gasteiger partial charge in [0.05, 0.1) is 19.2 Å². The SMILES string of the molecule is COCCn1cnnc1[C@@H](C)NC(=O)CN1CCCCCC1. The Balaban J connectivity index is 1.84. The maximum Gasteiger partial charge on any atom is 0.234 e. The number of methoxy groups -OCH3 is 1. The molecule has 2 heterocycles. The van der Waals surface area contributed by atoms with E-state index in [-0.39, 0.29) is 11.9 Å². The number of carbonyl (C=O) groups is 1. The van der Waals surface area contributed by atoms with Gasteiger partial charge < -0.3 is 14.6 Å². The highest BCUT2D eigenvalue weighted by molar-refractivity contribution is 5.78. The molecular weight excluding hydrogens is 282 g/mol. The molecule has 124 valence electrons. The fraction of sp³-hybridized carbons (Fsp3) is 0.800. The Bertz CT molecular complexity index is 455. The van der Waals surface area contributed by atoms with Gasteiger partial charge in [-0.25, -0.2) is 0 Å². The van der Waals surface area contributed by atoms with Crippen molar-refractivity contribution in [1.29, 1.82) is 0 Å². The van der Waals surface area contributed by atoms with Gasteiger partial charge in [0.1, 0.15) is 6.33 Å². The molecule has 0 bridgehead atoms. The Morgan fingerprint density at radius 3 is 2.77 bits per heavy atom. The molecule has 0 spiro atoms. The standard InChI is InChI=1S/C15H27N5O2/c1-13(15-18-16-12-20(15)9-10-22-2)17-14(21)11-19-7-5-3-4-6-8-19/h12-13H,3-11H2,1-2H3,(H,17,21)/t13-/m1/s1. The van der Waals surface area contributed by atoms with Gasteiger partial charge in [-0.15, -0.1) is 10.2 Å². The topological polar surface area (TPSA) is 72.3 Å². The lowest BCUT2D eigenvalue weighted by Gasteiger charge is -2.21. The number of likely N-dealkylation sites (tertiary alicyclic amines) is 1. The van der Waals surface area contributed by atoms with Crippen LogP contribution in [-0.2, 0) is 16.1 Å². The van der Waals surface area contributed by atoms with Crippen molar-refractivity contribution in [2.45, 2.75) is 45.2 Å². The zero-order valence-electron chi connectivity index (χ0n) is 13.6. The van der Waals surface area contributed by atoms with E-state index in [9.17, 15) is 4.79 Å². The summed E-state index contributed by atoms with van der Waals surface area (Å²) < 4.78 is 6.99. The molecule has 1 saturated heterocycles. The largest absolute Gasteiger partial charge is 0.383 e. The molecule has 7 heteroatoms. The van der Waals surface area contributed by atoms with Gasteiger partial charge in [0.15, 0.2) is 5.82 Å². The lowest BCUT2D eigenvalue weighted by atomic mass is 10.2. The lowest BCUT2D eigenvalue weighted by molar-refractivity contribution is -0.123. The van der Waals surface area contributed by atoms with Crippen LogP contribution in [0.25, 0.3) is 0 Å². The number of rotatable bonds is 7. The van der Waals surface area contributed by atoms with E-state index in [4.69, 9.17) is 4.74 Å². The van der Waals surface area contributed by atoms with Crippen molar-refractivity contribution in [3.63, 3.8) is 0 Å². The summed E-state index contributed by atoms with van der Waals surface area (Å²) >= 11 is 0. The van der Waals surface area contributed by atoms with Crippen LogP contribution >= 0.6 is 0 Å². The average molecular weight is 309 g/mol. The second-order valence-corrected chi connectivity index (χ2v) is 5.85. The van der Waals surface area contributed by atoms with Crippen LogP contribution in [-0.4, -0.2) is 58.9 Å². The minimum Gasteiger partial charge on any atom is -0.383 e. The third-order valence-electron chi connectivity index (χ3n) is 4.01. The highest BCUT2D eigenvalue weighted by Crippen LogP contribution is 2.11. The number of amides is 1. The van der Waals surface area contributed by atoms with E-state index in [2.05, 4.69) is 20.4 Å². The molecular formula is C15H27N5O2. The van der Waals surface area contributed by atoms with E-state index >= 15 is 0 Å². The molecule has 1 aromatic rings. The number of hydrogen-bond acceptors (Lipinski definition) is 5. The molecule has 22 heavy (non-hydrogen) atoms. The molecule has 2 rings (SSSR count). The molecule has 0 unspecified atom stereocenters. The van der Waals surface area contributed by atoms with Gasteiger partial charge in [-0.05, 0) is 32.9 Å². The maximum absolute atomic E-state index is 12.2. The van der Waals surface area contributed by atoms with Crippen molar-refractivity contribution in [3.8, 4) is 0 Å². The van der Waals surface area contributed by atoms with Crippen LogP contribution in [0.5, 0.6) is 0 Å². The molecule has 1 amide bonds.